The van der Waals surface area contributed by atoms with Crippen molar-refractivity contribution in [2.75, 3.05) is 6.61 Å². The first-order valence-corrected chi connectivity index (χ1v) is 7.29. The predicted molar refractivity (Wildman–Crippen MR) is 77.1 cm³/mol. The first-order chi connectivity index (χ1) is 10.7. The molecule has 0 bridgehead atoms. The van der Waals surface area contributed by atoms with Crippen LogP contribution in [0.4, 0.5) is 4.39 Å². The third-order valence-electron chi connectivity index (χ3n) is 3.53. The molecule has 0 aliphatic heterocycles. The van der Waals surface area contributed by atoms with Gasteiger partial charge in [-0.15, -0.1) is 0 Å². The molecule has 1 aromatic carbocycles. The number of hydrogen-bond acceptors (Lipinski definition) is 4. The summed E-state index contributed by atoms with van der Waals surface area (Å²) in [5.41, 5.74) is 1.40. The molecule has 1 saturated carbocycles. The highest BCUT2D eigenvalue weighted by Gasteiger charge is 2.31. The van der Waals surface area contributed by atoms with E-state index < -0.39 is 5.82 Å². The fourth-order valence-corrected chi connectivity index (χ4v) is 2.23. The first-order valence-electron chi connectivity index (χ1n) is 7.29. The molecular weight excluding hydrogens is 287 g/mol. The Morgan fingerprint density at radius 2 is 2.27 bits per heavy atom. The Labute approximate surface area is 127 Å². The van der Waals surface area contributed by atoms with E-state index in [0.29, 0.717) is 35.2 Å². The Hall–Kier alpha value is -2.44. The van der Waals surface area contributed by atoms with E-state index >= 15 is 0 Å². The molecule has 1 aliphatic rings. The van der Waals surface area contributed by atoms with Crippen LogP contribution in [0.1, 0.15) is 47.4 Å². The summed E-state index contributed by atoms with van der Waals surface area (Å²) in [5, 5.41) is 13.1. The zero-order valence-electron chi connectivity index (χ0n) is 12.2. The van der Waals surface area contributed by atoms with E-state index in [0.717, 1.165) is 12.8 Å². The van der Waals surface area contributed by atoms with E-state index in [2.05, 4.69) is 20.7 Å². The highest BCUT2D eigenvalue weighted by atomic mass is 19.1. The standard InChI is InChI=1S/C15H17FN4O2/c1-2-22-11-6-5-10(12(16)7-11)8-17-15(21)14-13(9-3-4-9)18-20-19-14/h5-7,9H,2-4,8H2,1H3,(H,17,21)(H,18,19,20). The minimum absolute atomic E-state index is 0.0913. The molecule has 116 valence electrons. The summed E-state index contributed by atoms with van der Waals surface area (Å²) in [6.07, 6.45) is 2.06. The minimum Gasteiger partial charge on any atom is -0.494 e. The summed E-state index contributed by atoms with van der Waals surface area (Å²) >= 11 is 0. The van der Waals surface area contributed by atoms with Crippen molar-refractivity contribution in [2.45, 2.75) is 32.2 Å². The number of rotatable bonds is 6. The van der Waals surface area contributed by atoms with Crippen LogP contribution in [0.3, 0.4) is 0 Å². The second-order valence-electron chi connectivity index (χ2n) is 5.20. The average molecular weight is 304 g/mol. The Bertz CT molecular complexity index is 682. The number of nitrogens with one attached hydrogen (secondary N) is 2. The van der Waals surface area contributed by atoms with Gasteiger partial charge in [0.15, 0.2) is 5.69 Å². The molecule has 1 fully saturated rings. The number of carbonyl (C=O) groups excluding carboxylic acids is 1. The number of amides is 1. The quantitative estimate of drug-likeness (QED) is 0.857. The van der Waals surface area contributed by atoms with Crippen LogP contribution in [0, 0.1) is 5.82 Å². The lowest BCUT2D eigenvalue weighted by molar-refractivity contribution is 0.0944. The van der Waals surface area contributed by atoms with Crippen molar-refractivity contribution in [3.8, 4) is 5.75 Å². The van der Waals surface area contributed by atoms with Crippen molar-refractivity contribution in [1.82, 2.24) is 20.7 Å². The zero-order chi connectivity index (χ0) is 15.5. The largest absolute Gasteiger partial charge is 0.494 e. The fourth-order valence-electron chi connectivity index (χ4n) is 2.23. The second kappa shape index (κ2) is 6.13. The summed E-state index contributed by atoms with van der Waals surface area (Å²) < 4.78 is 19.1. The number of halogens is 1. The van der Waals surface area contributed by atoms with E-state index in [-0.39, 0.29) is 12.5 Å². The zero-order valence-corrected chi connectivity index (χ0v) is 12.2. The van der Waals surface area contributed by atoms with Gasteiger partial charge >= 0.3 is 0 Å². The van der Waals surface area contributed by atoms with Gasteiger partial charge in [-0.3, -0.25) is 4.79 Å². The number of H-pyrrole nitrogens is 1. The summed E-state index contributed by atoms with van der Waals surface area (Å²) in [4.78, 5) is 12.1. The predicted octanol–water partition coefficient (Wildman–Crippen LogP) is 2.15. The van der Waals surface area contributed by atoms with Crippen LogP contribution >= 0.6 is 0 Å². The molecule has 2 aromatic rings. The van der Waals surface area contributed by atoms with Crippen LogP contribution in [-0.4, -0.2) is 27.9 Å². The normalized spacial score (nSPS) is 13.9. The molecule has 1 aliphatic carbocycles. The topological polar surface area (TPSA) is 79.9 Å². The van der Waals surface area contributed by atoms with Gasteiger partial charge in [-0.05, 0) is 25.8 Å². The van der Waals surface area contributed by atoms with Gasteiger partial charge < -0.3 is 10.1 Å². The highest BCUT2D eigenvalue weighted by Crippen LogP contribution is 2.39. The van der Waals surface area contributed by atoms with Gasteiger partial charge in [0.2, 0.25) is 0 Å². The molecule has 0 saturated heterocycles. The molecule has 0 radical (unpaired) electrons. The van der Waals surface area contributed by atoms with Crippen molar-refractivity contribution in [3.63, 3.8) is 0 Å². The van der Waals surface area contributed by atoms with Crippen molar-refractivity contribution >= 4 is 5.91 Å². The molecule has 0 spiro atoms. The van der Waals surface area contributed by atoms with E-state index in [4.69, 9.17) is 4.74 Å². The lowest BCUT2D eigenvalue weighted by Gasteiger charge is -2.08. The number of nitrogens with zero attached hydrogens (tertiary/aromatic N) is 2. The van der Waals surface area contributed by atoms with Crippen molar-refractivity contribution in [3.05, 3.63) is 41.0 Å². The first kappa shape index (κ1) is 14.5. The number of aromatic amines is 1. The molecule has 1 amide bonds. The van der Waals surface area contributed by atoms with E-state index in [1.165, 1.54) is 6.07 Å². The Balaban J connectivity index is 1.64. The van der Waals surface area contributed by atoms with Crippen molar-refractivity contribution < 1.29 is 13.9 Å². The lowest BCUT2D eigenvalue weighted by atomic mass is 10.2. The second-order valence-corrected chi connectivity index (χ2v) is 5.20. The maximum Gasteiger partial charge on any atom is 0.274 e. The summed E-state index contributed by atoms with van der Waals surface area (Å²) in [7, 11) is 0. The SMILES string of the molecule is CCOc1ccc(CNC(=O)c2n[nH]nc2C2CC2)c(F)c1. The van der Waals surface area contributed by atoms with E-state index in [9.17, 15) is 9.18 Å². The van der Waals surface area contributed by atoms with Gasteiger partial charge in [0.05, 0.1) is 12.3 Å². The van der Waals surface area contributed by atoms with Gasteiger partial charge in [-0.25, -0.2) is 4.39 Å². The molecule has 22 heavy (non-hydrogen) atoms. The van der Waals surface area contributed by atoms with Gasteiger partial charge in [-0.1, -0.05) is 6.07 Å². The molecule has 0 atom stereocenters. The van der Waals surface area contributed by atoms with Crippen molar-refractivity contribution in [2.24, 2.45) is 0 Å². The summed E-state index contributed by atoms with van der Waals surface area (Å²) in [6.45, 7) is 2.40. The summed E-state index contributed by atoms with van der Waals surface area (Å²) in [6, 6.07) is 4.60. The van der Waals surface area contributed by atoms with Gasteiger partial charge in [0.1, 0.15) is 11.6 Å². The number of aromatic nitrogens is 3. The molecule has 6 nitrogen and oxygen atoms in total. The maximum atomic E-state index is 13.9. The molecule has 7 heteroatoms. The molecular formula is C15H17FN4O2. The Morgan fingerprint density at radius 3 is 2.95 bits per heavy atom. The molecule has 1 heterocycles. The maximum absolute atomic E-state index is 13.9. The number of carbonyl (C=O) groups is 1. The molecule has 1 aromatic heterocycles. The van der Waals surface area contributed by atoms with Gasteiger partial charge in [0.25, 0.3) is 5.91 Å². The van der Waals surface area contributed by atoms with Crippen LogP contribution in [0.5, 0.6) is 5.75 Å². The minimum atomic E-state index is -0.409. The van der Waals surface area contributed by atoms with Gasteiger partial charge in [0, 0.05) is 24.1 Å². The molecule has 2 N–H and O–H groups in total. The highest BCUT2D eigenvalue weighted by molar-refractivity contribution is 5.93. The van der Waals surface area contributed by atoms with Crippen LogP contribution in [0.25, 0.3) is 0 Å². The monoisotopic (exact) mass is 304 g/mol. The number of ether oxygens (including phenoxy) is 1. The Kier molecular flexibility index (Phi) is 4.04. The van der Waals surface area contributed by atoms with Gasteiger partial charge in [-0.2, -0.15) is 15.4 Å². The van der Waals surface area contributed by atoms with Crippen molar-refractivity contribution in [1.29, 1.82) is 0 Å². The Morgan fingerprint density at radius 1 is 1.45 bits per heavy atom. The smallest absolute Gasteiger partial charge is 0.274 e. The summed E-state index contributed by atoms with van der Waals surface area (Å²) in [5.74, 6) is 0.0436. The third kappa shape index (κ3) is 3.08. The fraction of sp³-hybridized carbons (Fsp3) is 0.400. The van der Waals surface area contributed by atoms with Crippen LogP contribution < -0.4 is 10.1 Å². The van der Waals surface area contributed by atoms with E-state index in [1.807, 2.05) is 6.92 Å². The third-order valence-corrected chi connectivity index (χ3v) is 3.53. The van der Waals surface area contributed by atoms with E-state index in [1.54, 1.807) is 12.1 Å². The van der Waals surface area contributed by atoms with Crippen LogP contribution in [0.2, 0.25) is 0 Å². The van der Waals surface area contributed by atoms with Crippen LogP contribution in [0.15, 0.2) is 18.2 Å². The lowest BCUT2D eigenvalue weighted by Crippen LogP contribution is -2.24. The van der Waals surface area contributed by atoms with Crippen LogP contribution in [-0.2, 0) is 6.54 Å². The molecule has 0 unspecified atom stereocenters. The number of benzene rings is 1. The average Bonchev–Trinajstić information content (AvgIpc) is 3.23. The molecule has 3 rings (SSSR count). The number of hydrogen-bond donors (Lipinski definition) is 2.